The van der Waals surface area contributed by atoms with Gasteiger partial charge in [0.05, 0.1) is 7.05 Å². The summed E-state index contributed by atoms with van der Waals surface area (Å²) < 4.78 is 31.5. The molecule has 1 aromatic carbocycles. The summed E-state index contributed by atoms with van der Waals surface area (Å²) in [5.74, 6) is 0. The van der Waals surface area contributed by atoms with E-state index in [1.165, 1.54) is 55.2 Å². The van der Waals surface area contributed by atoms with Crippen LogP contribution in [0.5, 0.6) is 0 Å². The Morgan fingerprint density at radius 3 is 2.14 bits per heavy atom. The van der Waals surface area contributed by atoms with E-state index in [2.05, 4.69) is 37.4 Å². The monoisotopic (exact) mass is 318 g/mol. The number of halogens is 1. The van der Waals surface area contributed by atoms with Gasteiger partial charge in [-0.25, -0.2) is 0 Å². The van der Waals surface area contributed by atoms with Gasteiger partial charge in [0, 0.05) is 18.4 Å². The third-order valence-corrected chi connectivity index (χ3v) is 4.84. The first kappa shape index (κ1) is 16.7. The molecule has 0 bridgehead atoms. The van der Waals surface area contributed by atoms with Gasteiger partial charge in [-0.15, -0.1) is 0 Å². The van der Waals surface area contributed by atoms with Crippen molar-refractivity contribution in [3.05, 3.63) is 35.9 Å². The molecular weight excluding hydrogens is 294 g/mol. The summed E-state index contributed by atoms with van der Waals surface area (Å²) in [5.41, 5.74) is 2.18. The van der Waals surface area contributed by atoms with Crippen molar-refractivity contribution in [2.75, 3.05) is 13.6 Å². The second-order valence-corrected chi connectivity index (χ2v) is 7.28. The molecule has 1 aliphatic carbocycles. The van der Waals surface area contributed by atoms with E-state index in [9.17, 15) is 0 Å². The quantitative estimate of drug-likeness (QED) is 0.547. The molecule has 3 N–H and O–H groups in total. The molecule has 0 radical (unpaired) electrons. The predicted octanol–water partition coefficient (Wildman–Crippen LogP) is 0.490. The number of hydrogen-bond acceptors (Lipinski definition) is 4. The van der Waals surface area contributed by atoms with Crippen LogP contribution in [-0.4, -0.2) is 37.6 Å². The predicted molar refractivity (Wildman–Crippen MR) is 73.7 cm³/mol. The van der Waals surface area contributed by atoms with Crippen LogP contribution in [0.15, 0.2) is 30.3 Å². The van der Waals surface area contributed by atoms with Gasteiger partial charge in [-0.2, -0.15) is 0 Å². The summed E-state index contributed by atoms with van der Waals surface area (Å²) in [6.07, 6.45) is 7.32. The molecule has 1 heterocycles. The Labute approximate surface area is 127 Å². The topological polar surface area (TPSA) is 83.8 Å². The zero-order valence-corrected chi connectivity index (χ0v) is 13.2. The van der Waals surface area contributed by atoms with Gasteiger partial charge in [-0.3, -0.25) is 0 Å². The van der Waals surface area contributed by atoms with Crippen LogP contribution < -0.4 is 4.66 Å². The third kappa shape index (κ3) is 4.64. The number of rotatable bonds is 2. The standard InChI is InChI=1S/C15H22N.ClH3O4/c1-16(12-14-8-4-2-5-9-14)13-15(16)10-6-3-7-11-15;2-1(3,4)5/h2,4-5,8-9H,3,6-7,10-13H2,1H3;2-4H/q+1;. The summed E-state index contributed by atoms with van der Waals surface area (Å²) in [4.78, 5) is 0. The molecule has 1 saturated heterocycles. The van der Waals surface area contributed by atoms with Crippen LogP contribution in [0.25, 0.3) is 0 Å². The van der Waals surface area contributed by atoms with Crippen LogP contribution in [0.2, 0.25) is 0 Å². The molecule has 1 atom stereocenters. The first-order valence-corrected chi connectivity index (χ1v) is 8.61. The maximum absolute atomic E-state index is 8.83. The van der Waals surface area contributed by atoms with Crippen molar-refractivity contribution in [2.45, 2.75) is 44.2 Å². The van der Waals surface area contributed by atoms with E-state index in [1.54, 1.807) is 0 Å². The van der Waals surface area contributed by atoms with Crippen molar-refractivity contribution in [1.82, 2.24) is 0 Å². The summed E-state index contributed by atoms with van der Waals surface area (Å²) in [6.45, 7) is 2.66. The van der Waals surface area contributed by atoms with Gasteiger partial charge in [0.15, 0.2) is 0 Å². The molecule has 1 aliphatic heterocycles. The van der Waals surface area contributed by atoms with Crippen molar-refractivity contribution in [3.63, 3.8) is 0 Å². The van der Waals surface area contributed by atoms with Gasteiger partial charge in [-0.1, -0.05) is 36.8 Å². The first-order valence-electron chi connectivity index (χ1n) is 7.29. The number of benzene rings is 1. The molecule has 120 valence electrons. The van der Waals surface area contributed by atoms with E-state index in [0.717, 1.165) is 0 Å². The fraction of sp³-hybridized carbons (Fsp3) is 0.600. The number of likely N-dealkylation sites (N-methyl/N-ethyl adjacent to an activating group) is 1. The Morgan fingerprint density at radius 2 is 1.62 bits per heavy atom. The third-order valence-electron chi connectivity index (χ3n) is 4.84. The fourth-order valence-corrected chi connectivity index (χ4v) is 3.73. The Hall–Kier alpha value is -0.690. The van der Waals surface area contributed by atoms with E-state index in [-0.39, 0.29) is 0 Å². The minimum atomic E-state index is -4.19. The minimum absolute atomic E-state index is 0.675. The Balaban J connectivity index is 0.000000282. The zero-order valence-electron chi connectivity index (χ0n) is 12.4. The van der Waals surface area contributed by atoms with Crippen LogP contribution >= 0.6 is 0 Å². The maximum atomic E-state index is 8.83. The average Bonchev–Trinajstić information content (AvgIpc) is 2.92. The molecule has 1 unspecified atom stereocenters. The molecular formula is C15H25ClNO4+. The van der Waals surface area contributed by atoms with Crippen LogP contribution in [0, 0.1) is 10.2 Å². The summed E-state index contributed by atoms with van der Waals surface area (Å²) >= 11 is 0. The number of nitrogens with zero attached hydrogens (tertiary/aromatic N) is 1. The van der Waals surface area contributed by atoms with Gasteiger partial charge < -0.3 is 4.48 Å². The Kier molecular flexibility index (Phi) is 4.92. The van der Waals surface area contributed by atoms with Crippen molar-refractivity contribution >= 4 is 0 Å². The molecule has 3 rings (SSSR count). The molecule has 5 nitrogen and oxygen atoms in total. The number of hydrogen-bond donors (Lipinski definition) is 3. The first-order chi connectivity index (χ1) is 9.74. The van der Waals surface area contributed by atoms with E-state index in [0.29, 0.717) is 5.54 Å². The Morgan fingerprint density at radius 1 is 1.10 bits per heavy atom. The van der Waals surface area contributed by atoms with Crippen molar-refractivity contribution < 1.29 is 33.4 Å². The van der Waals surface area contributed by atoms with Crippen LogP contribution in [-0.2, 0) is 6.54 Å². The van der Waals surface area contributed by atoms with Crippen molar-refractivity contribution in [3.8, 4) is 0 Å². The molecule has 2 aliphatic rings. The van der Waals surface area contributed by atoms with E-state index in [4.69, 9.17) is 18.6 Å². The molecule has 1 aromatic rings. The van der Waals surface area contributed by atoms with Crippen molar-refractivity contribution in [1.29, 1.82) is 0 Å². The molecule has 0 aromatic heterocycles. The molecule has 0 amide bonds. The summed E-state index contributed by atoms with van der Waals surface area (Å²) in [5, 5.41) is 0. The van der Waals surface area contributed by atoms with Gasteiger partial charge in [0.25, 0.3) is 0 Å². The normalized spacial score (nSPS) is 27.7. The summed E-state index contributed by atoms with van der Waals surface area (Å²) in [6, 6.07) is 11.0. The molecule has 6 heteroatoms. The average molecular weight is 319 g/mol. The van der Waals surface area contributed by atoms with E-state index < -0.39 is 10.2 Å². The van der Waals surface area contributed by atoms with Crippen LogP contribution in [0.4, 0.5) is 0 Å². The molecule has 21 heavy (non-hydrogen) atoms. The SMILES string of the molecule is C[N+]1(Cc2ccccc2)CC12CCCCC2.[O-][Cl+](O)(O)O. The summed E-state index contributed by atoms with van der Waals surface area (Å²) in [7, 11) is -1.74. The number of quaternary nitrogens is 1. The van der Waals surface area contributed by atoms with E-state index >= 15 is 0 Å². The van der Waals surface area contributed by atoms with Gasteiger partial charge in [0.2, 0.25) is 0 Å². The molecule has 2 fully saturated rings. The van der Waals surface area contributed by atoms with Crippen LogP contribution in [0.3, 0.4) is 0 Å². The molecule has 1 spiro atoms. The van der Waals surface area contributed by atoms with Gasteiger partial charge in [-0.05, 0) is 12.8 Å². The van der Waals surface area contributed by atoms with E-state index in [1.807, 2.05) is 0 Å². The Bertz CT molecular complexity index is 450. The van der Waals surface area contributed by atoms with Crippen LogP contribution in [0.1, 0.15) is 37.7 Å². The van der Waals surface area contributed by atoms with Gasteiger partial charge in [0.1, 0.15) is 18.6 Å². The molecule has 1 saturated carbocycles. The van der Waals surface area contributed by atoms with Gasteiger partial charge >= 0.3 is 28.9 Å². The van der Waals surface area contributed by atoms with Crippen molar-refractivity contribution in [2.24, 2.45) is 0 Å². The second-order valence-electron chi connectivity index (χ2n) is 6.42. The fourth-order valence-electron chi connectivity index (χ4n) is 3.73. The second kappa shape index (κ2) is 6.20. The zero-order chi connectivity index (χ0) is 15.6.